The fourth-order valence-electron chi connectivity index (χ4n) is 3.45. The van der Waals surface area contributed by atoms with Crippen molar-refractivity contribution in [2.24, 2.45) is 5.92 Å². The van der Waals surface area contributed by atoms with Crippen LogP contribution in [0.15, 0.2) is 58.8 Å². The molecule has 10 heteroatoms. The van der Waals surface area contributed by atoms with Crippen LogP contribution in [0, 0.1) is 17.6 Å². The summed E-state index contributed by atoms with van der Waals surface area (Å²) in [5.74, 6) is -1.61. The minimum Gasteiger partial charge on any atom is -0.459 e. The lowest BCUT2D eigenvalue weighted by Crippen LogP contribution is -2.40. The van der Waals surface area contributed by atoms with Gasteiger partial charge >= 0.3 is 5.97 Å². The maximum Gasteiger partial charge on any atom is 0.309 e. The Labute approximate surface area is 188 Å². The van der Waals surface area contributed by atoms with Gasteiger partial charge in [0.1, 0.15) is 23.2 Å². The van der Waals surface area contributed by atoms with Gasteiger partial charge in [0, 0.05) is 24.0 Å². The molecule has 6 nitrogen and oxygen atoms in total. The topological polar surface area (TPSA) is 76.6 Å². The average Bonchev–Trinajstić information content (AvgIpc) is 3.27. The highest BCUT2D eigenvalue weighted by molar-refractivity contribution is 7.89. The van der Waals surface area contributed by atoms with Crippen LogP contribution in [0.2, 0.25) is 0 Å². The number of esters is 1. The molecule has 3 aromatic rings. The van der Waals surface area contributed by atoms with Crippen LogP contribution < -0.4 is 0 Å². The highest BCUT2D eigenvalue weighted by atomic mass is 32.2. The van der Waals surface area contributed by atoms with Crippen LogP contribution >= 0.6 is 11.3 Å². The number of hydrogen-bond acceptors (Lipinski definition) is 6. The van der Waals surface area contributed by atoms with E-state index in [1.165, 1.54) is 39.9 Å². The van der Waals surface area contributed by atoms with E-state index in [1.54, 1.807) is 17.5 Å². The second-order valence-electron chi connectivity index (χ2n) is 7.39. The third kappa shape index (κ3) is 5.03. The SMILES string of the molecule is O=C(OCc1csc(-c2ccc(F)cc2)n1)C1CCN(S(=O)(=O)c2ccc(F)cc2)CC1. The monoisotopic (exact) mass is 478 g/mol. The Balaban J connectivity index is 1.29. The molecule has 1 aliphatic heterocycles. The van der Waals surface area contributed by atoms with Crippen molar-refractivity contribution in [3.63, 3.8) is 0 Å². The van der Waals surface area contributed by atoms with Gasteiger partial charge in [-0.25, -0.2) is 22.2 Å². The van der Waals surface area contributed by atoms with Crippen molar-refractivity contribution in [2.75, 3.05) is 13.1 Å². The summed E-state index contributed by atoms with van der Waals surface area (Å²) >= 11 is 1.38. The molecular weight excluding hydrogens is 458 g/mol. The smallest absolute Gasteiger partial charge is 0.309 e. The van der Waals surface area contributed by atoms with Gasteiger partial charge in [0.25, 0.3) is 0 Å². The lowest BCUT2D eigenvalue weighted by Gasteiger charge is -2.30. The van der Waals surface area contributed by atoms with Crippen LogP contribution in [0.4, 0.5) is 8.78 Å². The molecule has 0 saturated carbocycles. The molecule has 0 spiro atoms. The summed E-state index contributed by atoms with van der Waals surface area (Å²) in [4.78, 5) is 16.9. The Morgan fingerprint density at radius 1 is 1.03 bits per heavy atom. The molecule has 4 rings (SSSR count). The lowest BCUT2D eigenvalue weighted by molar-refractivity contribution is -0.151. The summed E-state index contributed by atoms with van der Waals surface area (Å²) in [5.41, 5.74) is 1.38. The van der Waals surface area contributed by atoms with Gasteiger partial charge in [0.05, 0.1) is 16.5 Å². The van der Waals surface area contributed by atoms with Crippen molar-refractivity contribution < 1.29 is 26.7 Å². The first-order valence-corrected chi connectivity index (χ1v) is 12.3. The highest BCUT2D eigenvalue weighted by Crippen LogP contribution is 2.27. The number of benzene rings is 2. The molecule has 1 aliphatic rings. The summed E-state index contributed by atoms with van der Waals surface area (Å²) in [5, 5.41) is 2.49. The third-order valence-corrected chi connectivity index (χ3v) is 8.10. The molecule has 1 fully saturated rings. The molecule has 1 saturated heterocycles. The summed E-state index contributed by atoms with van der Waals surface area (Å²) in [6.45, 7) is 0.389. The first-order valence-electron chi connectivity index (χ1n) is 9.95. The highest BCUT2D eigenvalue weighted by Gasteiger charge is 2.32. The van der Waals surface area contributed by atoms with E-state index in [9.17, 15) is 22.0 Å². The van der Waals surface area contributed by atoms with Crippen molar-refractivity contribution in [2.45, 2.75) is 24.3 Å². The van der Waals surface area contributed by atoms with E-state index in [4.69, 9.17) is 4.74 Å². The van der Waals surface area contributed by atoms with E-state index in [0.29, 0.717) is 23.5 Å². The molecule has 0 unspecified atom stereocenters. The zero-order chi connectivity index (χ0) is 22.7. The van der Waals surface area contributed by atoms with Gasteiger partial charge in [-0.2, -0.15) is 4.31 Å². The molecule has 0 aliphatic carbocycles. The van der Waals surface area contributed by atoms with Gasteiger partial charge in [0.2, 0.25) is 10.0 Å². The summed E-state index contributed by atoms with van der Waals surface area (Å²) in [7, 11) is -3.73. The van der Waals surface area contributed by atoms with E-state index in [0.717, 1.165) is 17.7 Å². The summed E-state index contributed by atoms with van der Waals surface area (Å²) < 4.78 is 58.2. The minimum atomic E-state index is -3.73. The van der Waals surface area contributed by atoms with Gasteiger partial charge in [-0.1, -0.05) is 0 Å². The van der Waals surface area contributed by atoms with Gasteiger partial charge in [0.15, 0.2) is 0 Å². The van der Waals surface area contributed by atoms with Crippen molar-refractivity contribution in [3.05, 3.63) is 71.2 Å². The predicted octanol–water partition coefficient (Wildman–Crippen LogP) is 4.23. The number of halogens is 2. The molecule has 2 aromatic carbocycles. The number of carbonyl (C=O) groups is 1. The second-order valence-corrected chi connectivity index (χ2v) is 10.2. The van der Waals surface area contributed by atoms with Crippen molar-refractivity contribution >= 4 is 27.3 Å². The largest absolute Gasteiger partial charge is 0.459 e. The maximum atomic E-state index is 13.1. The van der Waals surface area contributed by atoms with E-state index in [-0.39, 0.29) is 36.4 Å². The molecule has 2 heterocycles. The summed E-state index contributed by atoms with van der Waals surface area (Å²) in [6, 6.07) is 10.7. The number of aromatic nitrogens is 1. The molecule has 1 aromatic heterocycles. The number of carbonyl (C=O) groups excluding carboxylic acids is 1. The molecule has 0 atom stereocenters. The number of piperidine rings is 1. The Hall–Kier alpha value is -2.69. The molecule has 168 valence electrons. The van der Waals surface area contributed by atoms with E-state index in [1.807, 2.05) is 0 Å². The first-order chi connectivity index (χ1) is 15.3. The zero-order valence-corrected chi connectivity index (χ0v) is 18.5. The third-order valence-electron chi connectivity index (χ3n) is 5.24. The Morgan fingerprint density at radius 2 is 1.62 bits per heavy atom. The van der Waals surface area contributed by atoms with Gasteiger partial charge in [-0.3, -0.25) is 4.79 Å². The average molecular weight is 479 g/mol. The fourth-order valence-corrected chi connectivity index (χ4v) is 5.73. The lowest BCUT2D eigenvalue weighted by atomic mass is 9.98. The molecule has 0 bridgehead atoms. The minimum absolute atomic E-state index is 0.0185. The van der Waals surface area contributed by atoms with Gasteiger partial charge < -0.3 is 4.74 Å². The standard InChI is InChI=1S/C22H20F2N2O4S2/c23-17-3-1-15(2-4-17)21-25-19(14-31-21)13-30-22(27)16-9-11-26(12-10-16)32(28,29)20-7-5-18(24)6-8-20/h1-8,14,16H,9-13H2. The number of sulfonamides is 1. The summed E-state index contributed by atoms with van der Waals surface area (Å²) in [6.07, 6.45) is 0.689. The fraction of sp³-hybridized carbons (Fsp3) is 0.273. The van der Waals surface area contributed by atoms with Crippen molar-refractivity contribution in [1.82, 2.24) is 9.29 Å². The van der Waals surface area contributed by atoms with Crippen LogP contribution in [0.25, 0.3) is 10.6 Å². The first kappa shape index (κ1) is 22.5. The van der Waals surface area contributed by atoms with Crippen LogP contribution in [0.5, 0.6) is 0 Å². The maximum absolute atomic E-state index is 13.1. The Morgan fingerprint density at radius 3 is 2.25 bits per heavy atom. The van der Waals surface area contributed by atoms with E-state index in [2.05, 4.69) is 4.98 Å². The number of rotatable bonds is 6. The second kappa shape index (κ2) is 9.43. The predicted molar refractivity (Wildman–Crippen MR) is 115 cm³/mol. The number of ether oxygens (including phenoxy) is 1. The van der Waals surface area contributed by atoms with Crippen molar-refractivity contribution in [1.29, 1.82) is 0 Å². The molecule has 32 heavy (non-hydrogen) atoms. The molecule has 0 amide bonds. The van der Waals surface area contributed by atoms with Crippen molar-refractivity contribution in [3.8, 4) is 10.6 Å². The molecule has 0 N–H and O–H groups in total. The number of thiazole rings is 1. The number of nitrogens with zero attached hydrogens (tertiary/aromatic N) is 2. The van der Waals surface area contributed by atoms with Crippen LogP contribution in [-0.4, -0.2) is 36.8 Å². The van der Waals surface area contributed by atoms with Gasteiger partial charge in [-0.15, -0.1) is 11.3 Å². The molecule has 0 radical (unpaired) electrons. The van der Waals surface area contributed by atoms with Crippen LogP contribution in [0.1, 0.15) is 18.5 Å². The molecular formula is C22H20F2N2O4S2. The Bertz CT molecular complexity index is 1190. The van der Waals surface area contributed by atoms with Gasteiger partial charge in [-0.05, 0) is 61.4 Å². The quantitative estimate of drug-likeness (QED) is 0.496. The Kier molecular flexibility index (Phi) is 6.63. The normalized spacial score (nSPS) is 15.6. The van der Waals surface area contributed by atoms with Crippen LogP contribution in [0.3, 0.4) is 0 Å². The van der Waals surface area contributed by atoms with E-state index < -0.39 is 21.8 Å². The zero-order valence-electron chi connectivity index (χ0n) is 16.9. The van der Waals surface area contributed by atoms with E-state index >= 15 is 0 Å². The van der Waals surface area contributed by atoms with Crippen LogP contribution in [-0.2, 0) is 26.2 Å². The number of hydrogen-bond donors (Lipinski definition) is 0.